The van der Waals surface area contributed by atoms with Crippen molar-refractivity contribution in [3.8, 4) is 11.4 Å². The van der Waals surface area contributed by atoms with Gasteiger partial charge in [0.25, 0.3) is 11.7 Å². The van der Waals surface area contributed by atoms with Gasteiger partial charge in [-0.2, -0.15) is 9.50 Å². The molecule has 5 rings (SSSR count). The molecule has 5 aromatic rings. The first-order valence-electron chi connectivity index (χ1n) is 10.4. The van der Waals surface area contributed by atoms with Crippen molar-refractivity contribution >= 4 is 40.5 Å². The monoisotopic (exact) mass is 471 g/mol. The molecular weight excluding hydrogens is 450 g/mol. The fourth-order valence-corrected chi connectivity index (χ4v) is 5.35. The molecule has 1 N–H and O–H groups in total. The Morgan fingerprint density at radius 1 is 0.970 bits per heavy atom. The van der Waals surface area contributed by atoms with E-state index in [1.54, 1.807) is 16.3 Å². The number of nitrogens with one attached hydrogen (secondary N) is 1. The Labute approximate surface area is 199 Å². The highest BCUT2D eigenvalue weighted by Gasteiger charge is 2.18. The van der Waals surface area contributed by atoms with Crippen molar-refractivity contribution in [3.05, 3.63) is 87.7 Å². The summed E-state index contributed by atoms with van der Waals surface area (Å²) in [5.74, 6) is 1.08. The van der Waals surface area contributed by atoms with Crippen molar-refractivity contribution in [3.63, 3.8) is 0 Å². The third-order valence-corrected chi connectivity index (χ3v) is 7.62. The molecule has 6 nitrogen and oxygen atoms in total. The van der Waals surface area contributed by atoms with Crippen molar-refractivity contribution in [2.75, 3.05) is 5.32 Å². The van der Waals surface area contributed by atoms with Gasteiger partial charge in [0.2, 0.25) is 0 Å². The molecule has 3 aromatic heterocycles. The zero-order valence-corrected chi connectivity index (χ0v) is 20.0. The predicted molar refractivity (Wildman–Crippen MR) is 133 cm³/mol. The Morgan fingerprint density at radius 3 is 2.48 bits per heavy atom. The fourth-order valence-electron chi connectivity index (χ4n) is 3.44. The molecule has 0 atom stereocenters. The van der Waals surface area contributed by atoms with Crippen molar-refractivity contribution in [2.24, 2.45) is 0 Å². The van der Waals surface area contributed by atoms with Crippen LogP contribution in [-0.2, 0) is 0 Å². The summed E-state index contributed by atoms with van der Waals surface area (Å²) < 4.78 is 1.79. The second kappa shape index (κ2) is 8.80. The van der Waals surface area contributed by atoms with Crippen LogP contribution in [0.25, 0.3) is 17.2 Å². The van der Waals surface area contributed by atoms with Gasteiger partial charge in [0.1, 0.15) is 5.03 Å². The zero-order chi connectivity index (χ0) is 22.9. The quantitative estimate of drug-likeness (QED) is 0.310. The Kier molecular flexibility index (Phi) is 5.70. The molecule has 8 heteroatoms. The lowest BCUT2D eigenvalue weighted by atomic mass is 10.2. The first-order valence-corrected chi connectivity index (χ1v) is 12.1. The van der Waals surface area contributed by atoms with Crippen LogP contribution in [0.3, 0.4) is 0 Å². The lowest BCUT2D eigenvalue weighted by Crippen LogP contribution is -2.12. The molecule has 0 saturated heterocycles. The third-order valence-electron chi connectivity index (χ3n) is 5.36. The summed E-state index contributed by atoms with van der Waals surface area (Å²) in [6, 6.07) is 19.6. The van der Waals surface area contributed by atoms with Crippen LogP contribution in [-0.4, -0.2) is 25.5 Å². The number of amides is 1. The van der Waals surface area contributed by atoms with Gasteiger partial charge in [-0.1, -0.05) is 54.2 Å². The lowest BCUT2D eigenvalue weighted by Gasteiger charge is -2.13. The molecule has 0 saturated carbocycles. The molecule has 0 aliphatic heterocycles. The van der Waals surface area contributed by atoms with E-state index >= 15 is 0 Å². The molecule has 2 aromatic carbocycles. The number of anilines is 1. The minimum absolute atomic E-state index is 0.101. The number of thiophene rings is 1. The number of aryl methyl sites for hydroxylation is 2. The van der Waals surface area contributed by atoms with Gasteiger partial charge in [-0.3, -0.25) is 4.79 Å². The van der Waals surface area contributed by atoms with Crippen molar-refractivity contribution in [2.45, 2.75) is 30.7 Å². The number of carbonyl (C=O) groups is 1. The maximum atomic E-state index is 12.8. The molecule has 33 heavy (non-hydrogen) atoms. The number of hydrogen-bond acceptors (Lipinski definition) is 6. The highest BCUT2D eigenvalue weighted by molar-refractivity contribution is 7.99. The van der Waals surface area contributed by atoms with Crippen LogP contribution in [0.5, 0.6) is 0 Å². The van der Waals surface area contributed by atoms with Gasteiger partial charge in [-0.25, -0.2) is 4.98 Å². The van der Waals surface area contributed by atoms with E-state index in [1.807, 2.05) is 86.8 Å². The minimum atomic E-state index is -0.101. The Hall–Kier alpha value is -3.49. The number of rotatable bonds is 5. The Morgan fingerprint density at radius 2 is 1.73 bits per heavy atom. The van der Waals surface area contributed by atoms with Gasteiger partial charge < -0.3 is 5.32 Å². The lowest BCUT2D eigenvalue weighted by molar-refractivity contribution is 0.103. The Balaban J connectivity index is 1.54. The van der Waals surface area contributed by atoms with Crippen LogP contribution in [0.1, 0.15) is 26.5 Å². The highest BCUT2D eigenvalue weighted by atomic mass is 32.2. The number of nitrogens with zero attached hydrogens (tertiary/aromatic N) is 4. The zero-order valence-electron chi connectivity index (χ0n) is 18.4. The molecular formula is C25H21N5OS2. The summed E-state index contributed by atoms with van der Waals surface area (Å²) >= 11 is 2.99. The molecule has 0 radical (unpaired) electrons. The normalized spacial score (nSPS) is 11.1. The molecule has 0 spiro atoms. The predicted octanol–water partition coefficient (Wildman–Crippen LogP) is 6.18. The van der Waals surface area contributed by atoms with Crippen molar-refractivity contribution < 1.29 is 4.79 Å². The highest BCUT2D eigenvalue weighted by Crippen LogP contribution is 2.36. The first-order chi connectivity index (χ1) is 16.0. The average molecular weight is 472 g/mol. The van der Waals surface area contributed by atoms with E-state index in [4.69, 9.17) is 5.10 Å². The largest absolute Gasteiger partial charge is 0.320 e. The fraction of sp³-hybridized carbons (Fsp3) is 0.120. The van der Waals surface area contributed by atoms with Gasteiger partial charge in [-0.15, -0.1) is 16.4 Å². The molecule has 0 fully saturated rings. The number of hydrogen-bond donors (Lipinski definition) is 1. The molecule has 0 bridgehead atoms. The van der Waals surface area contributed by atoms with Crippen LogP contribution in [0, 0.1) is 20.8 Å². The number of fused-ring (bicyclic) bond motifs is 1. The molecule has 164 valence electrons. The van der Waals surface area contributed by atoms with Crippen molar-refractivity contribution in [1.82, 2.24) is 19.6 Å². The maximum absolute atomic E-state index is 12.8. The SMILES string of the molecule is Cc1ccsc1C(=O)Nc1ccccc1Sc1c(C)c(C)nc2nc(-c3ccccc3)nn12. The molecule has 1 amide bonds. The average Bonchev–Trinajstić information content (AvgIpc) is 3.44. The molecule has 0 unspecified atom stereocenters. The van der Waals surface area contributed by atoms with Crippen molar-refractivity contribution in [1.29, 1.82) is 0 Å². The summed E-state index contributed by atoms with van der Waals surface area (Å²) in [6.45, 7) is 5.95. The van der Waals surface area contributed by atoms with Gasteiger partial charge in [0, 0.05) is 21.7 Å². The van der Waals surface area contributed by atoms with E-state index in [1.165, 1.54) is 11.3 Å². The molecule has 0 aliphatic rings. The van der Waals surface area contributed by atoms with Gasteiger partial charge in [0.15, 0.2) is 5.82 Å². The standard InChI is InChI=1S/C25H21N5OS2/c1-15-13-14-32-21(15)23(31)27-19-11-7-8-12-20(19)33-24-16(2)17(3)26-25-28-22(29-30(24)25)18-9-5-4-6-10-18/h4-14H,1-3H3,(H,27,31). The van der Waals surface area contributed by atoms with Crippen LogP contribution < -0.4 is 5.32 Å². The smallest absolute Gasteiger partial charge is 0.266 e. The summed E-state index contributed by atoms with van der Waals surface area (Å²) in [5, 5.41) is 10.7. The van der Waals surface area contributed by atoms with E-state index in [0.717, 1.165) is 42.9 Å². The first kappa shape index (κ1) is 21.4. The van der Waals surface area contributed by atoms with E-state index in [2.05, 4.69) is 15.3 Å². The van der Waals surface area contributed by atoms with Gasteiger partial charge >= 0.3 is 0 Å². The van der Waals surface area contributed by atoms with Crippen LogP contribution in [0.15, 0.2) is 76.0 Å². The van der Waals surface area contributed by atoms with Crippen LogP contribution >= 0.6 is 23.1 Å². The summed E-state index contributed by atoms with van der Waals surface area (Å²) in [6.07, 6.45) is 0. The van der Waals surface area contributed by atoms with E-state index in [-0.39, 0.29) is 5.91 Å². The van der Waals surface area contributed by atoms with Gasteiger partial charge in [-0.05, 0) is 49.9 Å². The summed E-state index contributed by atoms with van der Waals surface area (Å²) in [4.78, 5) is 23.8. The summed E-state index contributed by atoms with van der Waals surface area (Å²) in [7, 11) is 0. The second-order valence-corrected chi connectivity index (χ2v) is 9.57. The van der Waals surface area contributed by atoms with Gasteiger partial charge in [0.05, 0.1) is 10.6 Å². The number of para-hydroxylation sites is 1. The minimum Gasteiger partial charge on any atom is -0.320 e. The number of benzene rings is 2. The summed E-state index contributed by atoms with van der Waals surface area (Å²) in [5.41, 5.74) is 4.58. The third kappa shape index (κ3) is 4.15. The maximum Gasteiger partial charge on any atom is 0.266 e. The van der Waals surface area contributed by atoms with E-state index in [9.17, 15) is 4.79 Å². The number of carbonyl (C=O) groups excluding carboxylic acids is 1. The van der Waals surface area contributed by atoms with Crippen LogP contribution in [0.2, 0.25) is 0 Å². The number of aromatic nitrogens is 4. The Bertz CT molecular complexity index is 1470. The van der Waals surface area contributed by atoms with Crippen LogP contribution in [0.4, 0.5) is 5.69 Å². The molecule has 3 heterocycles. The topological polar surface area (TPSA) is 72.2 Å². The molecule has 0 aliphatic carbocycles. The second-order valence-electron chi connectivity index (χ2n) is 7.63. The van der Waals surface area contributed by atoms with E-state index < -0.39 is 0 Å². The van der Waals surface area contributed by atoms with E-state index in [0.29, 0.717) is 11.6 Å².